The molecule has 0 bridgehead atoms. The Hall–Kier alpha value is -3.81. The second kappa shape index (κ2) is 7.31. The minimum Gasteiger partial charge on any atom is -0.337 e. The smallest absolute Gasteiger partial charge is 0.259 e. The van der Waals surface area contributed by atoms with Crippen LogP contribution in [-0.4, -0.2) is 61.6 Å². The molecule has 0 spiro atoms. The molecule has 0 radical (unpaired) electrons. The van der Waals surface area contributed by atoms with Gasteiger partial charge in [-0.25, -0.2) is 19.5 Å². The molecule has 0 aliphatic carbocycles. The van der Waals surface area contributed by atoms with Gasteiger partial charge in [0.05, 0.1) is 11.9 Å². The van der Waals surface area contributed by atoms with E-state index in [0.29, 0.717) is 43.3 Å². The van der Waals surface area contributed by atoms with Crippen LogP contribution in [0.25, 0.3) is 16.9 Å². The van der Waals surface area contributed by atoms with E-state index < -0.39 is 0 Å². The molecule has 29 heavy (non-hydrogen) atoms. The fourth-order valence-electron chi connectivity index (χ4n) is 3.60. The number of rotatable bonds is 3. The van der Waals surface area contributed by atoms with Gasteiger partial charge in [0.2, 0.25) is 5.95 Å². The number of anilines is 1. The standard InChI is InChI=1S/C21H19N7O/c29-20(26-11-13-27(14-12-26)21-23-8-4-9-24-21)17-15-25-28-18(7-10-22-19(17)28)16-5-2-1-3-6-16/h1-10,15H,11-14H2. The summed E-state index contributed by atoms with van der Waals surface area (Å²) in [5, 5.41) is 4.45. The first-order chi connectivity index (χ1) is 14.3. The first-order valence-corrected chi connectivity index (χ1v) is 9.51. The number of amides is 1. The van der Waals surface area contributed by atoms with Crippen LogP contribution in [0.2, 0.25) is 0 Å². The zero-order valence-corrected chi connectivity index (χ0v) is 15.7. The monoisotopic (exact) mass is 385 g/mol. The summed E-state index contributed by atoms with van der Waals surface area (Å²) >= 11 is 0. The number of fused-ring (bicyclic) bond motifs is 1. The van der Waals surface area contributed by atoms with E-state index in [1.807, 2.05) is 41.3 Å². The Morgan fingerprint density at radius 3 is 2.34 bits per heavy atom. The Labute approximate surface area is 167 Å². The van der Waals surface area contributed by atoms with Crippen LogP contribution in [0.4, 0.5) is 5.95 Å². The summed E-state index contributed by atoms with van der Waals surface area (Å²) in [5.74, 6) is 0.649. The van der Waals surface area contributed by atoms with Crippen molar-refractivity contribution in [3.63, 3.8) is 0 Å². The van der Waals surface area contributed by atoms with Gasteiger partial charge >= 0.3 is 0 Å². The zero-order valence-electron chi connectivity index (χ0n) is 15.7. The first kappa shape index (κ1) is 17.3. The summed E-state index contributed by atoms with van der Waals surface area (Å²) in [6.45, 7) is 2.59. The largest absolute Gasteiger partial charge is 0.337 e. The van der Waals surface area contributed by atoms with Crippen LogP contribution in [0.3, 0.4) is 0 Å². The third kappa shape index (κ3) is 3.18. The average molecular weight is 385 g/mol. The van der Waals surface area contributed by atoms with Gasteiger partial charge in [-0.1, -0.05) is 30.3 Å². The van der Waals surface area contributed by atoms with Crippen molar-refractivity contribution in [3.8, 4) is 11.3 Å². The number of nitrogens with zero attached hydrogens (tertiary/aromatic N) is 7. The van der Waals surface area contributed by atoms with Gasteiger partial charge in [-0.3, -0.25) is 4.79 Å². The highest BCUT2D eigenvalue weighted by atomic mass is 16.2. The van der Waals surface area contributed by atoms with Gasteiger partial charge in [-0.2, -0.15) is 5.10 Å². The van der Waals surface area contributed by atoms with Crippen molar-refractivity contribution >= 4 is 17.5 Å². The molecule has 8 nitrogen and oxygen atoms in total. The number of piperazine rings is 1. The molecule has 4 aromatic rings. The number of hydrogen-bond acceptors (Lipinski definition) is 6. The van der Waals surface area contributed by atoms with Crippen molar-refractivity contribution in [2.45, 2.75) is 0 Å². The van der Waals surface area contributed by atoms with E-state index in [1.54, 1.807) is 35.4 Å². The molecule has 1 amide bonds. The molecule has 0 unspecified atom stereocenters. The number of benzene rings is 1. The maximum absolute atomic E-state index is 13.1. The van der Waals surface area contributed by atoms with Gasteiger partial charge in [-0.15, -0.1) is 0 Å². The predicted molar refractivity (Wildman–Crippen MR) is 109 cm³/mol. The van der Waals surface area contributed by atoms with Crippen LogP contribution in [0.1, 0.15) is 10.4 Å². The summed E-state index contributed by atoms with van der Waals surface area (Å²) in [5.41, 5.74) is 3.02. The van der Waals surface area contributed by atoms with Crippen molar-refractivity contribution < 1.29 is 4.79 Å². The van der Waals surface area contributed by atoms with Crippen molar-refractivity contribution in [2.75, 3.05) is 31.1 Å². The molecule has 1 aromatic carbocycles. The molecule has 1 fully saturated rings. The van der Waals surface area contributed by atoms with E-state index >= 15 is 0 Å². The molecule has 144 valence electrons. The Morgan fingerprint density at radius 2 is 1.59 bits per heavy atom. The van der Waals surface area contributed by atoms with Crippen molar-refractivity contribution in [2.24, 2.45) is 0 Å². The Kier molecular flexibility index (Phi) is 4.36. The van der Waals surface area contributed by atoms with Crippen LogP contribution < -0.4 is 4.90 Å². The molecule has 0 N–H and O–H groups in total. The van der Waals surface area contributed by atoms with Gasteiger partial charge in [-0.05, 0) is 12.1 Å². The van der Waals surface area contributed by atoms with E-state index in [-0.39, 0.29) is 5.91 Å². The molecule has 0 atom stereocenters. The maximum Gasteiger partial charge on any atom is 0.259 e. The molecule has 1 saturated heterocycles. The van der Waals surface area contributed by atoms with Crippen molar-refractivity contribution in [3.05, 3.63) is 72.8 Å². The Balaban J connectivity index is 1.38. The topological polar surface area (TPSA) is 79.5 Å². The molecule has 5 rings (SSSR count). The van der Waals surface area contributed by atoms with Crippen LogP contribution >= 0.6 is 0 Å². The van der Waals surface area contributed by atoms with E-state index in [0.717, 1.165) is 11.3 Å². The third-order valence-electron chi connectivity index (χ3n) is 5.10. The maximum atomic E-state index is 13.1. The summed E-state index contributed by atoms with van der Waals surface area (Å²) in [6.07, 6.45) is 6.80. The lowest BCUT2D eigenvalue weighted by atomic mass is 10.1. The summed E-state index contributed by atoms with van der Waals surface area (Å²) in [6, 6.07) is 13.7. The summed E-state index contributed by atoms with van der Waals surface area (Å²) in [4.78, 5) is 30.1. The zero-order chi connectivity index (χ0) is 19.6. The normalized spacial score (nSPS) is 14.3. The average Bonchev–Trinajstić information content (AvgIpc) is 3.24. The van der Waals surface area contributed by atoms with Gasteiger partial charge < -0.3 is 9.80 Å². The lowest BCUT2D eigenvalue weighted by Gasteiger charge is -2.34. The molecule has 4 heterocycles. The first-order valence-electron chi connectivity index (χ1n) is 9.51. The minimum atomic E-state index is -0.0497. The number of carbonyl (C=O) groups is 1. The van der Waals surface area contributed by atoms with Gasteiger partial charge in [0.1, 0.15) is 5.56 Å². The second-order valence-electron chi connectivity index (χ2n) is 6.82. The fourth-order valence-corrected chi connectivity index (χ4v) is 3.60. The van der Waals surface area contributed by atoms with Gasteiger partial charge in [0, 0.05) is 50.3 Å². The van der Waals surface area contributed by atoms with E-state index in [1.165, 1.54) is 0 Å². The van der Waals surface area contributed by atoms with Crippen molar-refractivity contribution in [1.82, 2.24) is 29.5 Å². The van der Waals surface area contributed by atoms with Crippen LogP contribution in [-0.2, 0) is 0 Å². The second-order valence-corrected chi connectivity index (χ2v) is 6.82. The van der Waals surface area contributed by atoms with Crippen molar-refractivity contribution in [1.29, 1.82) is 0 Å². The molecular weight excluding hydrogens is 366 g/mol. The summed E-state index contributed by atoms with van der Waals surface area (Å²) in [7, 11) is 0. The van der Waals surface area contributed by atoms with Crippen LogP contribution in [0, 0.1) is 0 Å². The van der Waals surface area contributed by atoms with Crippen LogP contribution in [0.15, 0.2) is 67.3 Å². The summed E-state index contributed by atoms with van der Waals surface area (Å²) < 4.78 is 1.73. The van der Waals surface area contributed by atoms with Gasteiger partial charge in [0.25, 0.3) is 5.91 Å². The molecule has 1 aliphatic rings. The lowest BCUT2D eigenvalue weighted by Crippen LogP contribution is -2.49. The number of carbonyl (C=O) groups excluding carboxylic acids is 1. The third-order valence-corrected chi connectivity index (χ3v) is 5.10. The quantitative estimate of drug-likeness (QED) is 0.538. The minimum absolute atomic E-state index is 0.0497. The van der Waals surface area contributed by atoms with E-state index in [9.17, 15) is 4.79 Å². The molecular formula is C21H19N7O. The Morgan fingerprint density at radius 1 is 0.828 bits per heavy atom. The molecule has 3 aromatic heterocycles. The molecule has 0 saturated carbocycles. The highest BCUT2D eigenvalue weighted by molar-refractivity contribution is 6.00. The lowest BCUT2D eigenvalue weighted by molar-refractivity contribution is 0.0748. The molecule has 8 heteroatoms. The van der Waals surface area contributed by atoms with E-state index in [4.69, 9.17) is 0 Å². The predicted octanol–water partition coefficient (Wildman–Crippen LogP) is 2.15. The highest BCUT2D eigenvalue weighted by Crippen LogP contribution is 2.22. The molecule has 1 aliphatic heterocycles. The SMILES string of the molecule is O=C(c1cnn2c(-c3ccccc3)ccnc12)N1CCN(c2ncccn2)CC1. The highest BCUT2D eigenvalue weighted by Gasteiger charge is 2.26. The van der Waals surface area contributed by atoms with Gasteiger partial charge in [0.15, 0.2) is 5.65 Å². The van der Waals surface area contributed by atoms with Crippen LogP contribution in [0.5, 0.6) is 0 Å². The number of hydrogen-bond donors (Lipinski definition) is 0. The van der Waals surface area contributed by atoms with E-state index in [2.05, 4.69) is 25.0 Å². The fraction of sp³-hybridized carbons (Fsp3) is 0.190. The number of aromatic nitrogens is 5. The Bertz CT molecular complexity index is 1140.